The summed E-state index contributed by atoms with van der Waals surface area (Å²) in [5.74, 6) is -8.90. The van der Waals surface area contributed by atoms with Gasteiger partial charge in [-0.25, -0.2) is 23.6 Å². The molecule has 0 saturated carbocycles. The number of carbonyl (C=O) groups excluding carboxylic acids is 4. The standard InChI is InChI=1S/C66H95F3O10/c1-3-60(70)76-51-39-35-31-27-23-19-15-11-7-5-9-13-17-21-25-29-33-37-49-74-56-45-41-54(42-46-56)65(72)78-59-53-58(67)64(63(69)62(59)68)79-66(73)55-43-47-57(48-44-55)75-50-38-34-30-26-22-18-14-10-6-8-12-16-20-24-28-32-36-40-52-77-61(71)4-2/h3-4,41-48,53H,1-2,5-40,49-52H2. The average Bonchev–Trinajstić information content (AvgIpc) is 3.48. The quantitative estimate of drug-likeness (QED) is 0.0177. The summed E-state index contributed by atoms with van der Waals surface area (Å²) < 4.78 is 76.7. The number of unbranched alkanes of at least 4 members (excludes halogenated alkanes) is 34. The summed E-state index contributed by atoms with van der Waals surface area (Å²) in [5, 5.41) is 0. The third-order valence-electron chi connectivity index (χ3n) is 14.1. The Bertz CT molecular complexity index is 2130. The molecule has 0 atom stereocenters. The number of halogens is 3. The van der Waals surface area contributed by atoms with E-state index in [9.17, 15) is 19.2 Å². The van der Waals surface area contributed by atoms with Crippen LogP contribution in [-0.4, -0.2) is 50.3 Å². The number of carbonyl (C=O) groups is 4. The Labute approximate surface area is 472 Å². The molecule has 0 amide bonds. The summed E-state index contributed by atoms with van der Waals surface area (Å²) in [6.07, 6.45) is 46.0. The molecule has 0 aromatic heterocycles. The Morgan fingerprint density at radius 3 is 0.911 bits per heavy atom. The van der Waals surface area contributed by atoms with Gasteiger partial charge in [-0.1, -0.05) is 219 Å². The van der Waals surface area contributed by atoms with Crippen molar-refractivity contribution in [2.24, 2.45) is 0 Å². The first-order chi connectivity index (χ1) is 38.6. The van der Waals surface area contributed by atoms with Crippen molar-refractivity contribution in [3.05, 3.63) is 108 Å². The molecule has 3 rings (SSSR count). The zero-order valence-corrected chi connectivity index (χ0v) is 47.8. The van der Waals surface area contributed by atoms with E-state index < -0.39 is 40.9 Å². The van der Waals surface area contributed by atoms with E-state index in [1.165, 1.54) is 203 Å². The lowest BCUT2D eigenvalue weighted by molar-refractivity contribution is -0.138. The number of ether oxygens (including phenoxy) is 6. The van der Waals surface area contributed by atoms with Crippen LogP contribution in [0.25, 0.3) is 0 Å². The van der Waals surface area contributed by atoms with E-state index in [1.54, 1.807) is 24.3 Å². The third-order valence-corrected chi connectivity index (χ3v) is 14.1. The van der Waals surface area contributed by atoms with Gasteiger partial charge >= 0.3 is 23.9 Å². The molecule has 79 heavy (non-hydrogen) atoms. The predicted molar refractivity (Wildman–Crippen MR) is 309 cm³/mol. The Kier molecular flexibility index (Phi) is 38.7. The maximum Gasteiger partial charge on any atom is 0.343 e. The first kappa shape index (κ1) is 67.7. The second kappa shape index (κ2) is 45.2. The van der Waals surface area contributed by atoms with Crippen molar-refractivity contribution < 1.29 is 60.8 Å². The fraction of sp³-hybridized carbons (Fsp3) is 0.606. The van der Waals surface area contributed by atoms with Crippen molar-refractivity contribution >= 4 is 23.9 Å². The van der Waals surface area contributed by atoms with Crippen LogP contribution < -0.4 is 18.9 Å². The number of hydrogen-bond donors (Lipinski definition) is 0. The lowest BCUT2D eigenvalue weighted by Gasteiger charge is -2.12. The minimum Gasteiger partial charge on any atom is -0.494 e. The largest absolute Gasteiger partial charge is 0.494 e. The van der Waals surface area contributed by atoms with Crippen molar-refractivity contribution in [1.82, 2.24) is 0 Å². The van der Waals surface area contributed by atoms with Crippen LogP contribution in [0.15, 0.2) is 79.9 Å². The van der Waals surface area contributed by atoms with E-state index in [0.717, 1.165) is 64.2 Å². The van der Waals surface area contributed by atoms with Crippen LogP contribution in [0, 0.1) is 17.5 Å². The van der Waals surface area contributed by atoms with E-state index in [0.29, 0.717) is 44.0 Å². The molecule has 13 heteroatoms. The summed E-state index contributed by atoms with van der Waals surface area (Å²) in [4.78, 5) is 47.6. The van der Waals surface area contributed by atoms with Gasteiger partial charge in [-0.05, 0) is 74.2 Å². The van der Waals surface area contributed by atoms with Crippen LogP contribution in [0.1, 0.15) is 252 Å². The molecule has 0 aliphatic rings. The van der Waals surface area contributed by atoms with Crippen LogP contribution in [0.4, 0.5) is 13.2 Å². The SMILES string of the molecule is C=CC(=O)OCCCCCCCCCCCCCCCCCCCCOc1ccc(C(=O)Oc2cc(F)c(OC(=O)c3ccc(OCCCCCCCCCCCCCCCCCCCCOC(=O)C=C)cc3)c(F)c2F)cc1. The number of esters is 4. The van der Waals surface area contributed by atoms with Crippen molar-refractivity contribution in [3.63, 3.8) is 0 Å². The minimum absolute atomic E-state index is 0.0193. The van der Waals surface area contributed by atoms with E-state index in [1.807, 2.05) is 0 Å². The molecule has 0 heterocycles. The number of rotatable bonds is 50. The summed E-state index contributed by atoms with van der Waals surface area (Å²) in [6, 6.07) is 12.4. The smallest absolute Gasteiger partial charge is 0.343 e. The molecular weight excluding hydrogens is 1010 g/mol. The Morgan fingerprint density at radius 1 is 0.354 bits per heavy atom. The van der Waals surface area contributed by atoms with Gasteiger partial charge in [0, 0.05) is 18.2 Å². The fourth-order valence-corrected chi connectivity index (χ4v) is 9.32. The van der Waals surface area contributed by atoms with E-state index >= 15 is 13.2 Å². The van der Waals surface area contributed by atoms with Gasteiger partial charge < -0.3 is 28.4 Å². The van der Waals surface area contributed by atoms with Gasteiger partial charge in [-0.3, -0.25) is 0 Å². The van der Waals surface area contributed by atoms with E-state index in [4.69, 9.17) is 28.4 Å². The van der Waals surface area contributed by atoms with E-state index in [-0.39, 0.29) is 23.1 Å². The molecule has 0 fully saturated rings. The van der Waals surface area contributed by atoms with Crippen LogP contribution in [0.2, 0.25) is 0 Å². The molecule has 0 unspecified atom stereocenters. The summed E-state index contributed by atoms with van der Waals surface area (Å²) in [5.41, 5.74) is -0.00396. The molecule has 0 radical (unpaired) electrons. The molecule has 0 aliphatic heterocycles. The van der Waals surface area contributed by atoms with Crippen LogP contribution in [-0.2, 0) is 19.1 Å². The van der Waals surface area contributed by atoms with Crippen molar-refractivity contribution in [2.75, 3.05) is 26.4 Å². The van der Waals surface area contributed by atoms with Gasteiger partial charge in [-0.2, -0.15) is 8.78 Å². The first-order valence-corrected chi connectivity index (χ1v) is 30.3. The zero-order valence-electron chi connectivity index (χ0n) is 47.8. The topological polar surface area (TPSA) is 124 Å². The highest BCUT2D eigenvalue weighted by molar-refractivity contribution is 5.92. The molecule has 440 valence electrons. The van der Waals surface area contributed by atoms with Crippen LogP contribution >= 0.6 is 0 Å². The Morgan fingerprint density at radius 2 is 0.620 bits per heavy atom. The van der Waals surface area contributed by atoms with Gasteiger partial charge in [0.1, 0.15) is 11.5 Å². The van der Waals surface area contributed by atoms with Crippen molar-refractivity contribution in [1.29, 1.82) is 0 Å². The van der Waals surface area contributed by atoms with Crippen LogP contribution in [0.3, 0.4) is 0 Å². The highest BCUT2D eigenvalue weighted by Gasteiger charge is 2.26. The maximum atomic E-state index is 15.1. The molecule has 3 aromatic carbocycles. The highest BCUT2D eigenvalue weighted by atomic mass is 19.2. The summed E-state index contributed by atoms with van der Waals surface area (Å²) >= 11 is 0. The fourth-order valence-electron chi connectivity index (χ4n) is 9.32. The highest BCUT2D eigenvalue weighted by Crippen LogP contribution is 2.33. The predicted octanol–water partition coefficient (Wildman–Crippen LogP) is 18.8. The second-order valence-electron chi connectivity index (χ2n) is 20.8. The van der Waals surface area contributed by atoms with Gasteiger partial charge in [0.25, 0.3) is 0 Å². The normalized spacial score (nSPS) is 11.0. The average molecular weight is 1110 g/mol. The number of benzene rings is 3. The summed E-state index contributed by atoms with van der Waals surface area (Å²) in [6.45, 7) is 8.82. The van der Waals surface area contributed by atoms with Crippen LogP contribution in [0.5, 0.6) is 23.0 Å². The monoisotopic (exact) mass is 1100 g/mol. The van der Waals surface area contributed by atoms with Gasteiger partial charge in [0.05, 0.1) is 37.6 Å². The maximum absolute atomic E-state index is 15.1. The molecule has 0 N–H and O–H groups in total. The first-order valence-electron chi connectivity index (χ1n) is 30.3. The molecular formula is C66H95F3O10. The Balaban J connectivity index is 1.16. The molecule has 0 bridgehead atoms. The molecule has 0 spiro atoms. The van der Waals surface area contributed by atoms with Crippen molar-refractivity contribution in [3.8, 4) is 23.0 Å². The van der Waals surface area contributed by atoms with Gasteiger partial charge in [0.15, 0.2) is 11.6 Å². The van der Waals surface area contributed by atoms with Gasteiger partial charge in [0.2, 0.25) is 17.4 Å². The minimum atomic E-state index is -1.81. The van der Waals surface area contributed by atoms with Gasteiger partial charge in [-0.15, -0.1) is 0 Å². The second-order valence-corrected chi connectivity index (χ2v) is 20.8. The molecule has 3 aromatic rings. The van der Waals surface area contributed by atoms with Crippen molar-refractivity contribution in [2.45, 2.75) is 231 Å². The molecule has 0 saturated heterocycles. The molecule has 0 aliphatic carbocycles. The summed E-state index contributed by atoms with van der Waals surface area (Å²) in [7, 11) is 0. The zero-order chi connectivity index (χ0) is 56.8. The van der Waals surface area contributed by atoms with E-state index in [2.05, 4.69) is 13.2 Å². The Hall–Kier alpha value is -5.59. The lowest BCUT2D eigenvalue weighted by atomic mass is 10.0. The molecule has 10 nitrogen and oxygen atoms in total. The lowest BCUT2D eigenvalue weighted by Crippen LogP contribution is -2.14. The number of hydrogen-bond acceptors (Lipinski definition) is 10. The third kappa shape index (κ3) is 32.9.